The molecule has 0 amide bonds. The highest BCUT2D eigenvalue weighted by molar-refractivity contribution is 7.89. The number of hydrogen-bond donors (Lipinski definition) is 1. The Hall–Kier alpha value is -2.46. The number of benzene rings is 2. The molecule has 174 valence electrons. The van der Waals surface area contributed by atoms with E-state index in [-0.39, 0.29) is 11.0 Å². The van der Waals surface area contributed by atoms with E-state index in [0.29, 0.717) is 43.7 Å². The minimum Gasteiger partial charge on any atom is -0.376 e. The van der Waals surface area contributed by atoms with Crippen molar-refractivity contribution in [1.29, 1.82) is 0 Å². The van der Waals surface area contributed by atoms with Gasteiger partial charge in [-0.1, -0.05) is 23.7 Å². The highest BCUT2D eigenvalue weighted by Gasteiger charge is 2.29. The van der Waals surface area contributed by atoms with E-state index in [1.54, 1.807) is 24.3 Å². The molecule has 10 heteroatoms. The normalized spacial score (nSPS) is 19.8. The molecule has 3 aromatic rings. The summed E-state index contributed by atoms with van der Waals surface area (Å²) in [4.78, 5) is 11.9. The largest absolute Gasteiger partial charge is 0.376 e. The van der Waals surface area contributed by atoms with Crippen LogP contribution < -0.4 is 10.2 Å². The van der Waals surface area contributed by atoms with Crippen molar-refractivity contribution in [2.45, 2.75) is 23.8 Å². The van der Waals surface area contributed by atoms with Crippen molar-refractivity contribution in [2.75, 3.05) is 49.5 Å². The van der Waals surface area contributed by atoms with Crippen LogP contribution in [-0.2, 0) is 14.8 Å². The first-order valence-electron chi connectivity index (χ1n) is 11.1. The molecule has 2 fully saturated rings. The molecule has 1 atom stereocenters. The van der Waals surface area contributed by atoms with E-state index in [1.165, 1.54) is 4.31 Å². The van der Waals surface area contributed by atoms with E-state index in [4.69, 9.17) is 26.3 Å². The third kappa shape index (κ3) is 4.77. The summed E-state index contributed by atoms with van der Waals surface area (Å²) in [5, 5.41) is 4.92. The van der Waals surface area contributed by atoms with Crippen LogP contribution in [0.2, 0.25) is 5.02 Å². The van der Waals surface area contributed by atoms with Gasteiger partial charge in [-0.15, -0.1) is 0 Å². The third-order valence-corrected chi connectivity index (χ3v) is 8.25. The van der Waals surface area contributed by atoms with Gasteiger partial charge >= 0.3 is 0 Å². The summed E-state index contributed by atoms with van der Waals surface area (Å²) in [7, 11) is -3.56. The fourth-order valence-corrected chi connectivity index (χ4v) is 5.79. The molecular weight excluding hydrogens is 462 g/mol. The van der Waals surface area contributed by atoms with Gasteiger partial charge in [-0.25, -0.2) is 13.4 Å². The molecule has 1 unspecified atom stereocenters. The van der Waals surface area contributed by atoms with Crippen LogP contribution in [0, 0.1) is 0 Å². The number of fused-ring (bicyclic) bond motifs is 1. The zero-order valence-corrected chi connectivity index (χ0v) is 19.7. The summed E-state index contributed by atoms with van der Waals surface area (Å²) >= 11 is 5.91. The number of nitrogens with zero attached hydrogens (tertiary/aromatic N) is 4. The Balaban J connectivity index is 1.33. The topological polar surface area (TPSA) is 87.7 Å². The van der Waals surface area contributed by atoms with E-state index in [2.05, 4.69) is 5.32 Å². The molecule has 0 saturated carbocycles. The summed E-state index contributed by atoms with van der Waals surface area (Å²) in [5.41, 5.74) is 0.855. The van der Waals surface area contributed by atoms with Gasteiger partial charge in [0.15, 0.2) is 0 Å². The quantitative estimate of drug-likeness (QED) is 0.570. The summed E-state index contributed by atoms with van der Waals surface area (Å²) in [6.45, 7) is 3.26. The molecule has 8 nitrogen and oxygen atoms in total. The van der Waals surface area contributed by atoms with Crippen LogP contribution in [0.4, 0.5) is 11.8 Å². The van der Waals surface area contributed by atoms with Gasteiger partial charge in [0.1, 0.15) is 5.82 Å². The lowest BCUT2D eigenvalue weighted by Gasteiger charge is -2.34. The second-order valence-electron chi connectivity index (χ2n) is 8.25. The molecule has 2 aromatic carbocycles. The molecular formula is C23H26ClN5O3S. The van der Waals surface area contributed by atoms with Crippen LogP contribution >= 0.6 is 11.6 Å². The van der Waals surface area contributed by atoms with E-state index >= 15 is 0 Å². The maximum Gasteiger partial charge on any atom is 0.243 e. The first-order chi connectivity index (χ1) is 16.0. The lowest BCUT2D eigenvalue weighted by molar-refractivity contribution is 0.120. The molecule has 0 aliphatic carbocycles. The minimum atomic E-state index is -3.56. The summed E-state index contributed by atoms with van der Waals surface area (Å²) in [6.07, 6.45) is 2.34. The molecule has 2 aliphatic rings. The zero-order chi connectivity index (χ0) is 22.8. The van der Waals surface area contributed by atoms with E-state index in [1.807, 2.05) is 29.2 Å². The lowest BCUT2D eigenvalue weighted by atomic mass is 10.2. The number of aromatic nitrogens is 2. The van der Waals surface area contributed by atoms with Crippen LogP contribution in [0.1, 0.15) is 12.8 Å². The molecule has 1 aromatic heterocycles. The molecule has 2 aliphatic heterocycles. The first-order valence-corrected chi connectivity index (χ1v) is 13.0. The van der Waals surface area contributed by atoms with Crippen LogP contribution in [0.15, 0.2) is 53.4 Å². The number of rotatable bonds is 6. The average molecular weight is 488 g/mol. The minimum absolute atomic E-state index is 0.198. The van der Waals surface area contributed by atoms with Gasteiger partial charge in [0.05, 0.1) is 16.5 Å². The van der Waals surface area contributed by atoms with Crippen molar-refractivity contribution in [1.82, 2.24) is 14.3 Å². The van der Waals surface area contributed by atoms with Crippen molar-refractivity contribution in [3.8, 4) is 0 Å². The number of ether oxygens (including phenoxy) is 1. The fourth-order valence-electron chi connectivity index (χ4n) is 4.24. The Labute approximate surface area is 198 Å². The van der Waals surface area contributed by atoms with Crippen molar-refractivity contribution >= 4 is 44.3 Å². The van der Waals surface area contributed by atoms with Gasteiger partial charge in [-0.3, -0.25) is 0 Å². The molecule has 0 bridgehead atoms. The van der Waals surface area contributed by atoms with E-state index in [9.17, 15) is 8.42 Å². The number of para-hydroxylation sites is 1. The molecule has 2 saturated heterocycles. The monoisotopic (exact) mass is 487 g/mol. The molecule has 0 radical (unpaired) electrons. The SMILES string of the molecule is O=S(=O)(c1ccc(Cl)cc1)N1CCN(c2nc(NCC3CCCO3)c3ccccc3n2)CC1. The third-order valence-electron chi connectivity index (χ3n) is 6.09. The summed E-state index contributed by atoms with van der Waals surface area (Å²) in [6, 6.07) is 14.2. The molecule has 33 heavy (non-hydrogen) atoms. The van der Waals surface area contributed by atoms with Gasteiger partial charge in [0.2, 0.25) is 16.0 Å². The van der Waals surface area contributed by atoms with Gasteiger partial charge in [0, 0.05) is 49.7 Å². The number of piperazine rings is 1. The molecule has 1 N–H and O–H groups in total. The highest BCUT2D eigenvalue weighted by atomic mass is 35.5. The van der Waals surface area contributed by atoms with Gasteiger partial charge in [-0.05, 0) is 49.2 Å². The Morgan fingerprint density at radius 1 is 1.03 bits per heavy atom. The van der Waals surface area contributed by atoms with Crippen molar-refractivity contribution in [3.05, 3.63) is 53.6 Å². The Morgan fingerprint density at radius 3 is 2.52 bits per heavy atom. The standard InChI is InChI=1S/C23H26ClN5O3S/c24-17-7-9-19(10-8-17)33(30,31)29-13-11-28(12-14-29)23-26-21-6-2-1-5-20(21)22(27-23)25-16-18-4-3-15-32-18/h1-2,5-10,18H,3-4,11-16H2,(H,25,26,27). The number of nitrogens with one attached hydrogen (secondary N) is 1. The number of anilines is 2. The predicted octanol–water partition coefficient (Wildman–Crippen LogP) is 3.39. The van der Waals surface area contributed by atoms with Crippen LogP contribution in [0.3, 0.4) is 0 Å². The van der Waals surface area contributed by atoms with Gasteiger partial charge in [-0.2, -0.15) is 9.29 Å². The second-order valence-corrected chi connectivity index (χ2v) is 10.6. The molecule has 3 heterocycles. The van der Waals surface area contributed by atoms with E-state index in [0.717, 1.165) is 36.2 Å². The molecule has 0 spiro atoms. The van der Waals surface area contributed by atoms with Crippen molar-refractivity contribution in [3.63, 3.8) is 0 Å². The fraction of sp³-hybridized carbons (Fsp3) is 0.391. The summed E-state index contributed by atoms with van der Waals surface area (Å²) in [5.74, 6) is 1.38. The Kier molecular flexibility index (Phi) is 6.38. The number of halogens is 1. The van der Waals surface area contributed by atoms with E-state index < -0.39 is 10.0 Å². The van der Waals surface area contributed by atoms with Crippen LogP contribution in [0.25, 0.3) is 10.9 Å². The second kappa shape index (κ2) is 9.42. The Bertz CT molecular complexity index is 1220. The highest BCUT2D eigenvalue weighted by Crippen LogP contribution is 2.26. The average Bonchev–Trinajstić information content (AvgIpc) is 3.36. The number of hydrogen-bond acceptors (Lipinski definition) is 7. The van der Waals surface area contributed by atoms with Crippen LogP contribution in [0.5, 0.6) is 0 Å². The number of sulfonamides is 1. The Morgan fingerprint density at radius 2 is 1.79 bits per heavy atom. The van der Waals surface area contributed by atoms with Crippen LogP contribution in [-0.4, -0.2) is 68.1 Å². The first kappa shape index (κ1) is 22.3. The molecule has 5 rings (SSSR count). The summed E-state index contributed by atoms with van der Waals surface area (Å²) < 4.78 is 33.2. The zero-order valence-electron chi connectivity index (χ0n) is 18.2. The van der Waals surface area contributed by atoms with Gasteiger partial charge < -0.3 is 15.0 Å². The lowest BCUT2D eigenvalue weighted by Crippen LogP contribution is -2.49. The van der Waals surface area contributed by atoms with Crippen molar-refractivity contribution < 1.29 is 13.2 Å². The van der Waals surface area contributed by atoms with Gasteiger partial charge in [0.25, 0.3) is 0 Å². The smallest absolute Gasteiger partial charge is 0.243 e. The maximum atomic E-state index is 13.0. The predicted molar refractivity (Wildman–Crippen MR) is 129 cm³/mol. The maximum absolute atomic E-state index is 13.0. The van der Waals surface area contributed by atoms with Crippen molar-refractivity contribution in [2.24, 2.45) is 0 Å².